The molecule has 4 nitrogen and oxygen atoms in total. The number of nitrogens with one attached hydrogen (secondary N) is 1. The van der Waals surface area contributed by atoms with Gasteiger partial charge in [0.1, 0.15) is 11.8 Å². The molecule has 1 fully saturated rings. The van der Waals surface area contributed by atoms with Crippen LogP contribution in [-0.2, 0) is 6.54 Å². The van der Waals surface area contributed by atoms with Gasteiger partial charge in [-0.2, -0.15) is 5.26 Å². The maximum Gasteiger partial charge on any atom is 0.174 e. The maximum absolute atomic E-state index is 9.90. The first-order valence-corrected chi connectivity index (χ1v) is 7.27. The van der Waals surface area contributed by atoms with Gasteiger partial charge >= 0.3 is 0 Å². The van der Waals surface area contributed by atoms with E-state index in [2.05, 4.69) is 5.32 Å². The molecule has 2 N–H and O–H groups in total. The van der Waals surface area contributed by atoms with Gasteiger partial charge in [0.2, 0.25) is 0 Å². The summed E-state index contributed by atoms with van der Waals surface area (Å²) in [4.78, 5) is 0. The summed E-state index contributed by atoms with van der Waals surface area (Å²) in [7, 11) is 0. The number of rotatable bonds is 6. The summed E-state index contributed by atoms with van der Waals surface area (Å²) in [6, 6.07) is 9.70. The van der Waals surface area contributed by atoms with Crippen LogP contribution in [0.1, 0.15) is 31.2 Å². The Labute approximate surface area is 120 Å². The fourth-order valence-electron chi connectivity index (χ4n) is 2.65. The first-order valence-electron chi connectivity index (χ1n) is 7.27. The van der Waals surface area contributed by atoms with Crippen LogP contribution in [0, 0.1) is 17.2 Å². The van der Waals surface area contributed by atoms with E-state index in [1.807, 2.05) is 30.3 Å². The van der Waals surface area contributed by atoms with Crippen LogP contribution in [-0.4, -0.2) is 24.4 Å². The SMILES string of the molecule is N#CCOc1ccc(CNCC2CCCCC2O)cc1. The zero-order chi connectivity index (χ0) is 14.2. The van der Waals surface area contributed by atoms with Crippen LogP contribution in [0.15, 0.2) is 24.3 Å². The van der Waals surface area contributed by atoms with Gasteiger partial charge < -0.3 is 15.2 Å². The van der Waals surface area contributed by atoms with Gasteiger partial charge in [-0.15, -0.1) is 0 Å². The van der Waals surface area contributed by atoms with E-state index in [9.17, 15) is 5.11 Å². The lowest BCUT2D eigenvalue weighted by Gasteiger charge is -2.27. The van der Waals surface area contributed by atoms with E-state index in [1.165, 1.54) is 12.0 Å². The second-order valence-corrected chi connectivity index (χ2v) is 5.33. The predicted octanol–water partition coefficient (Wildman–Crippen LogP) is 2.23. The zero-order valence-corrected chi connectivity index (χ0v) is 11.7. The summed E-state index contributed by atoms with van der Waals surface area (Å²) >= 11 is 0. The molecule has 1 aliphatic rings. The fraction of sp³-hybridized carbons (Fsp3) is 0.562. The van der Waals surface area contributed by atoms with Gasteiger partial charge in [0.25, 0.3) is 0 Å². The Bertz CT molecular complexity index is 439. The van der Waals surface area contributed by atoms with Crippen molar-refractivity contribution in [3.63, 3.8) is 0 Å². The molecule has 0 bridgehead atoms. The van der Waals surface area contributed by atoms with Crippen LogP contribution in [0.2, 0.25) is 0 Å². The number of hydrogen-bond acceptors (Lipinski definition) is 4. The highest BCUT2D eigenvalue weighted by molar-refractivity contribution is 5.27. The van der Waals surface area contributed by atoms with Gasteiger partial charge in [-0.3, -0.25) is 0 Å². The quantitative estimate of drug-likeness (QED) is 0.835. The molecule has 1 aliphatic carbocycles. The van der Waals surface area contributed by atoms with E-state index in [0.717, 1.165) is 38.1 Å². The molecule has 2 rings (SSSR count). The summed E-state index contributed by atoms with van der Waals surface area (Å²) < 4.78 is 5.21. The number of aliphatic hydroxyl groups is 1. The maximum atomic E-state index is 9.90. The number of aliphatic hydroxyl groups excluding tert-OH is 1. The van der Waals surface area contributed by atoms with E-state index in [0.29, 0.717) is 5.92 Å². The van der Waals surface area contributed by atoms with Gasteiger partial charge in [0.05, 0.1) is 6.10 Å². The molecule has 0 amide bonds. The highest BCUT2D eigenvalue weighted by atomic mass is 16.5. The summed E-state index contributed by atoms with van der Waals surface area (Å²) in [5.41, 5.74) is 1.18. The highest BCUT2D eigenvalue weighted by Gasteiger charge is 2.22. The summed E-state index contributed by atoms with van der Waals surface area (Å²) in [5, 5.41) is 21.8. The highest BCUT2D eigenvalue weighted by Crippen LogP contribution is 2.23. The zero-order valence-electron chi connectivity index (χ0n) is 11.7. The summed E-state index contributed by atoms with van der Waals surface area (Å²) in [6.45, 7) is 1.74. The average Bonchev–Trinajstić information content (AvgIpc) is 2.48. The molecule has 0 aliphatic heterocycles. The van der Waals surface area contributed by atoms with E-state index in [4.69, 9.17) is 10.00 Å². The fourth-order valence-corrected chi connectivity index (χ4v) is 2.65. The molecule has 0 spiro atoms. The smallest absolute Gasteiger partial charge is 0.174 e. The monoisotopic (exact) mass is 274 g/mol. The van der Waals surface area contributed by atoms with E-state index in [1.54, 1.807) is 0 Å². The van der Waals surface area contributed by atoms with Crippen molar-refractivity contribution in [2.75, 3.05) is 13.2 Å². The molecule has 0 heterocycles. The Kier molecular flexibility index (Phi) is 5.85. The molecule has 20 heavy (non-hydrogen) atoms. The van der Waals surface area contributed by atoms with Crippen LogP contribution in [0.3, 0.4) is 0 Å². The second-order valence-electron chi connectivity index (χ2n) is 5.33. The van der Waals surface area contributed by atoms with Gasteiger partial charge in [0.15, 0.2) is 6.61 Å². The number of nitrogens with zero attached hydrogens (tertiary/aromatic N) is 1. The normalized spacial score (nSPS) is 22.2. The minimum atomic E-state index is -0.141. The first kappa shape index (κ1) is 14.8. The number of benzene rings is 1. The van der Waals surface area contributed by atoms with Crippen molar-refractivity contribution in [2.45, 2.75) is 38.3 Å². The molecule has 0 aromatic heterocycles. The van der Waals surface area contributed by atoms with Crippen LogP contribution < -0.4 is 10.1 Å². The number of ether oxygens (including phenoxy) is 1. The van der Waals surface area contributed by atoms with Gasteiger partial charge in [0, 0.05) is 13.1 Å². The molecule has 4 heteroatoms. The van der Waals surface area contributed by atoms with E-state index < -0.39 is 0 Å². The lowest BCUT2D eigenvalue weighted by Crippen LogP contribution is -2.33. The molecule has 108 valence electrons. The Morgan fingerprint density at radius 3 is 2.70 bits per heavy atom. The summed E-state index contributed by atoms with van der Waals surface area (Å²) in [5.74, 6) is 1.11. The molecule has 2 atom stereocenters. The third kappa shape index (κ3) is 4.52. The van der Waals surface area contributed by atoms with Crippen LogP contribution in [0.25, 0.3) is 0 Å². The third-order valence-electron chi connectivity index (χ3n) is 3.83. The van der Waals surface area contributed by atoms with Crippen molar-refractivity contribution in [3.8, 4) is 11.8 Å². The minimum Gasteiger partial charge on any atom is -0.479 e. The van der Waals surface area contributed by atoms with Gasteiger partial charge in [-0.25, -0.2) is 0 Å². The van der Waals surface area contributed by atoms with E-state index in [-0.39, 0.29) is 12.7 Å². The molecular weight excluding hydrogens is 252 g/mol. The molecule has 2 unspecified atom stereocenters. The van der Waals surface area contributed by atoms with Crippen molar-refractivity contribution in [2.24, 2.45) is 5.92 Å². The standard InChI is InChI=1S/C16H22N2O2/c17-9-10-20-15-7-5-13(6-8-15)11-18-12-14-3-1-2-4-16(14)19/h5-8,14,16,18-19H,1-4,10-12H2. The molecular formula is C16H22N2O2. The molecule has 1 aromatic rings. The lowest BCUT2D eigenvalue weighted by molar-refractivity contribution is 0.0695. The Morgan fingerprint density at radius 2 is 2.00 bits per heavy atom. The molecule has 1 aromatic carbocycles. The largest absolute Gasteiger partial charge is 0.479 e. The van der Waals surface area contributed by atoms with Crippen molar-refractivity contribution < 1.29 is 9.84 Å². The molecule has 0 radical (unpaired) electrons. The molecule has 0 saturated heterocycles. The van der Waals surface area contributed by atoms with Crippen LogP contribution in [0.4, 0.5) is 0 Å². The third-order valence-corrected chi connectivity index (χ3v) is 3.83. The first-order chi connectivity index (χ1) is 9.79. The van der Waals surface area contributed by atoms with E-state index >= 15 is 0 Å². The van der Waals surface area contributed by atoms with Gasteiger partial charge in [-0.05, 0) is 36.5 Å². The van der Waals surface area contributed by atoms with Crippen molar-refractivity contribution in [1.29, 1.82) is 5.26 Å². The Balaban J connectivity index is 1.72. The van der Waals surface area contributed by atoms with Gasteiger partial charge in [-0.1, -0.05) is 25.0 Å². The second kappa shape index (κ2) is 7.88. The Hall–Kier alpha value is -1.57. The lowest BCUT2D eigenvalue weighted by atomic mass is 9.86. The number of hydrogen-bond donors (Lipinski definition) is 2. The summed E-state index contributed by atoms with van der Waals surface area (Å²) in [6.07, 6.45) is 4.31. The number of nitriles is 1. The van der Waals surface area contributed by atoms with Crippen LogP contribution >= 0.6 is 0 Å². The Morgan fingerprint density at radius 1 is 1.25 bits per heavy atom. The van der Waals surface area contributed by atoms with Crippen molar-refractivity contribution in [3.05, 3.63) is 29.8 Å². The molecule has 1 saturated carbocycles. The predicted molar refractivity (Wildman–Crippen MR) is 77.2 cm³/mol. The van der Waals surface area contributed by atoms with Crippen molar-refractivity contribution in [1.82, 2.24) is 5.32 Å². The van der Waals surface area contributed by atoms with Crippen LogP contribution in [0.5, 0.6) is 5.75 Å². The average molecular weight is 274 g/mol. The minimum absolute atomic E-state index is 0.0805. The van der Waals surface area contributed by atoms with Crippen molar-refractivity contribution >= 4 is 0 Å². The topological polar surface area (TPSA) is 65.3 Å².